The molecule has 0 aromatic heterocycles. The molecule has 0 aliphatic carbocycles. The van der Waals surface area contributed by atoms with E-state index in [-0.39, 0.29) is 0 Å². The van der Waals surface area contributed by atoms with Crippen LogP contribution in [0.25, 0.3) is 0 Å². The first kappa shape index (κ1) is 8.27. The molecule has 0 spiro atoms. The fraction of sp³-hybridized carbons (Fsp3) is 1.00. The molecule has 0 aliphatic rings. The fourth-order valence-electron chi connectivity index (χ4n) is 0.193. The van der Waals surface area contributed by atoms with Crippen LogP contribution in [0.4, 0.5) is 0 Å². The summed E-state index contributed by atoms with van der Waals surface area (Å²) >= 11 is 0. The topological polar surface area (TPSA) is 58.9 Å². The Balaban J connectivity index is 2.86. The lowest BCUT2D eigenvalue weighted by molar-refractivity contribution is -0.149. The van der Waals surface area contributed by atoms with E-state index in [1.54, 1.807) is 0 Å². The summed E-state index contributed by atoms with van der Waals surface area (Å²) in [5.41, 5.74) is 0. The van der Waals surface area contributed by atoms with Crippen molar-refractivity contribution >= 4 is 8.60 Å². The van der Waals surface area contributed by atoms with Gasteiger partial charge in [0.2, 0.25) is 0 Å². The third kappa shape index (κ3) is 4.43. The molecule has 1 unspecified atom stereocenters. The first-order chi connectivity index (χ1) is 3.81. The second-order valence-electron chi connectivity index (χ2n) is 1.15. The highest BCUT2D eigenvalue weighted by Crippen LogP contribution is 2.30. The Morgan fingerprint density at radius 2 is 2.25 bits per heavy atom. The van der Waals surface area contributed by atoms with E-state index < -0.39 is 8.60 Å². The van der Waals surface area contributed by atoms with E-state index in [0.29, 0.717) is 6.61 Å². The molecule has 0 amide bonds. The number of hydrogen-bond acceptors (Lipinski definition) is 4. The lowest BCUT2D eigenvalue weighted by atomic mass is 10.5. The SMILES string of the molecule is CCCOP(O)OO. The highest BCUT2D eigenvalue weighted by Gasteiger charge is 2.01. The molecule has 0 aromatic carbocycles. The molecule has 0 saturated carbocycles. The summed E-state index contributed by atoms with van der Waals surface area (Å²) in [5.74, 6) is 0. The second-order valence-corrected chi connectivity index (χ2v) is 2.05. The van der Waals surface area contributed by atoms with Crippen molar-refractivity contribution in [3.05, 3.63) is 0 Å². The maximum Gasteiger partial charge on any atom is 0.359 e. The van der Waals surface area contributed by atoms with Crippen LogP contribution >= 0.6 is 8.60 Å². The molecule has 0 fully saturated rings. The van der Waals surface area contributed by atoms with Gasteiger partial charge < -0.3 is 9.42 Å². The van der Waals surface area contributed by atoms with Gasteiger partial charge >= 0.3 is 8.60 Å². The van der Waals surface area contributed by atoms with Gasteiger partial charge in [0.1, 0.15) is 0 Å². The molecule has 0 rings (SSSR count). The van der Waals surface area contributed by atoms with Crippen LogP contribution in [0.1, 0.15) is 13.3 Å². The van der Waals surface area contributed by atoms with Crippen LogP contribution in [0.3, 0.4) is 0 Å². The van der Waals surface area contributed by atoms with Gasteiger partial charge in [-0.1, -0.05) is 6.92 Å². The van der Waals surface area contributed by atoms with E-state index in [1.807, 2.05) is 6.92 Å². The van der Waals surface area contributed by atoms with Crippen molar-refractivity contribution in [3.8, 4) is 0 Å². The molecular formula is C3H9O4P. The Morgan fingerprint density at radius 1 is 1.62 bits per heavy atom. The average Bonchev–Trinajstić information content (AvgIpc) is 1.83. The van der Waals surface area contributed by atoms with E-state index in [1.165, 1.54) is 0 Å². The summed E-state index contributed by atoms with van der Waals surface area (Å²) in [6, 6.07) is 0. The van der Waals surface area contributed by atoms with Gasteiger partial charge in [-0.2, -0.15) is 4.67 Å². The van der Waals surface area contributed by atoms with Crippen LogP contribution in [-0.2, 0) is 9.20 Å². The molecule has 50 valence electrons. The van der Waals surface area contributed by atoms with Gasteiger partial charge in [-0.25, -0.2) is 5.26 Å². The average molecular weight is 140 g/mol. The molecule has 0 aliphatic heterocycles. The Morgan fingerprint density at radius 3 is 2.62 bits per heavy atom. The van der Waals surface area contributed by atoms with Crippen LogP contribution in [0.15, 0.2) is 0 Å². The molecule has 1 atom stereocenters. The van der Waals surface area contributed by atoms with E-state index in [9.17, 15) is 0 Å². The van der Waals surface area contributed by atoms with Crippen LogP contribution in [0, 0.1) is 0 Å². The normalized spacial score (nSPS) is 13.9. The van der Waals surface area contributed by atoms with Crippen molar-refractivity contribution in [2.75, 3.05) is 6.61 Å². The van der Waals surface area contributed by atoms with E-state index in [2.05, 4.69) is 9.20 Å². The van der Waals surface area contributed by atoms with E-state index in [0.717, 1.165) is 6.42 Å². The van der Waals surface area contributed by atoms with Gasteiger partial charge in [0.15, 0.2) is 0 Å². The third-order valence-electron chi connectivity index (χ3n) is 0.476. The van der Waals surface area contributed by atoms with E-state index in [4.69, 9.17) is 10.2 Å². The van der Waals surface area contributed by atoms with Gasteiger partial charge in [0, 0.05) is 0 Å². The summed E-state index contributed by atoms with van der Waals surface area (Å²) in [6.45, 7) is 2.29. The third-order valence-corrected chi connectivity index (χ3v) is 1.02. The largest absolute Gasteiger partial charge is 0.359 e. The molecule has 8 heavy (non-hydrogen) atoms. The lowest BCUT2D eigenvalue weighted by Crippen LogP contribution is -1.87. The molecule has 0 aromatic rings. The molecule has 0 radical (unpaired) electrons. The smallest absolute Gasteiger partial charge is 0.326 e. The Kier molecular flexibility index (Phi) is 5.59. The summed E-state index contributed by atoms with van der Waals surface area (Å²) in [6.07, 6.45) is 0.794. The predicted octanol–water partition coefficient (Wildman–Crippen LogP) is 1.12. The number of hydrogen-bond donors (Lipinski definition) is 2. The van der Waals surface area contributed by atoms with Crippen molar-refractivity contribution < 1.29 is 19.3 Å². The minimum atomic E-state index is -2.03. The lowest BCUT2D eigenvalue weighted by Gasteiger charge is -2.02. The van der Waals surface area contributed by atoms with Gasteiger partial charge in [-0.3, -0.25) is 0 Å². The van der Waals surface area contributed by atoms with Crippen LogP contribution in [0.5, 0.6) is 0 Å². The monoisotopic (exact) mass is 140 g/mol. The molecule has 0 heterocycles. The standard InChI is InChI=1S/C3H9O4P/c1-2-3-6-8(5)7-4/h4-5H,2-3H2,1H3. The van der Waals surface area contributed by atoms with Gasteiger partial charge in [-0.15, -0.1) is 0 Å². The second kappa shape index (κ2) is 5.41. The molecule has 5 heteroatoms. The van der Waals surface area contributed by atoms with Gasteiger partial charge in [-0.05, 0) is 6.42 Å². The quantitative estimate of drug-likeness (QED) is 0.349. The Labute approximate surface area is 49.0 Å². The molecule has 0 saturated heterocycles. The summed E-state index contributed by atoms with van der Waals surface area (Å²) in [5, 5.41) is 7.72. The highest BCUT2D eigenvalue weighted by atomic mass is 31.2. The molecule has 0 bridgehead atoms. The zero-order valence-electron chi connectivity index (χ0n) is 4.57. The van der Waals surface area contributed by atoms with Crippen molar-refractivity contribution in [1.29, 1.82) is 0 Å². The Hall–Kier alpha value is 0.270. The van der Waals surface area contributed by atoms with Crippen molar-refractivity contribution in [2.45, 2.75) is 13.3 Å². The summed E-state index contributed by atoms with van der Waals surface area (Å²) in [4.78, 5) is 8.36. The van der Waals surface area contributed by atoms with Crippen molar-refractivity contribution in [3.63, 3.8) is 0 Å². The maximum absolute atomic E-state index is 8.36. The van der Waals surface area contributed by atoms with Crippen LogP contribution in [-0.4, -0.2) is 16.8 Å². The molecule has 2 N–H and O–H groups in total. The number of rotatable bonds is 4. The summed E-state index contributed by atoms with van der Waals surface area (Å²) in [7, 11) is -2.03. The van der Waals surface area contributed by atoms with Crippen LogP contribution < -0.4 is 0 Å². The predicted molar refractivity (Wildman–Crippen MR) is 29.1 cm³/mol. The van der Waals surface area contributed by atoms with Gasteiger partial charge in [0.05, 0.1) is 6.61 Å². The zero-order chi connectivity index (χ0) is 6.41. The minimum absolute atomic E-state index is 0.406. The minimum Gasteiger partial charge on any atom is -0.326 e. The first-order valence-electron chi connectivity index (χ1n) is 2.24. The van der Waals surface area contributed by atoms with E-state index >= 15 is 0 Å². The first-order valence-corrected chi connectivity index (χ1v) is 3.37. The highest BCUT2D eigenvalue weighted by molar-refractivity contribution is 7.40. The summed E-state index contributed by atoms with van der Waals surface area (Å²) < 4.78 is 7.94. The van der Waals surface area contributed by atoms with Gasteiger partial charge in [0.25, 0.3) is 0 Å². The van der Waals surface area contributed by atoms with Crippen LogP contribution in [0.2, 0.25) is 0 Å². The van der Waals surface area contributed by atoms with Crippen molar-refractivity contribution in [1.82, 2.24) is 0 Å². The molecular weight excluding hydrogens is 131 g/mol. The molecule has 4 nitrogen and oxygen atoms in total. The Bertz CT molecular complexity index is 50.5. The van der Waals surface area contributed by atoms with Crippen molar-refractivity contribution in [2.24, 2.45) is 0 Å². The maximum atomic E-state index is 8.36. The fourth-order valence-corrected chi connectivity index (χ4v) is 0.579. The zero-order valence-corrected chi connectivity index (χ0v) is 5.47.